The van der Waals surface area contributed by atoms with Crippen LogP contribution in [-0.4, -0.2) is 68.4 Å². The average molecular weight is 334 g/mol. The van der Waals surface area contributed by atoms with Crippen molar-refractivity contribution < 1.29 is 9.84 Å². The number of guanidine groups is 1. The highest BCUT2D eigenvalue weighted by Gasteiger charge is 2.09. The second-order valence-electron chi connectivity index (χ2n) is 5.91. The molecule has 0 atom stereocenters. The lowest BCUT2D eigenvalue weighted by atomic mass is 10.1. The quantitative estimate of drug-likeness (QED) is 0.379. The van der Waals surface area contributed by atoms with Gasteiger partial charge in [0.05, 0.1) is 13.2 Å². The van der Waals surface area contributed by atoms with E-state index >= 15 is 0 Å². The van der Waals surface area contributed by atoms with E-state index in [1.807, 2.05) is 12.1 Å². The van der Waals surface area contributed by atoms with Gasteiger partial charge in [-0.25, -0.2) is 0 Å². The Hall–Kier alpha value is -1.79. The number of hydrogen-bond donors (Lipinski definition) is 3. The minimum atomic E-state index is 0.315. The first-order chi connectivity index (χ1) is 11.8. The number of aliphatic imine (C=N–C) groups is 1. The van der Waals surface area contributed by atoms with Crippen LogP contribution in [0.5, 0.6) is 5.75 Å². The van der Waals surface area contributed by atoms with Crippen molar-refractivity contribution >= 4 is 5.96 Å². The predicted molar refractivity (Wildman–Crippen MR) is 97.7 cm³/mol. The number of ether oxygens (including phenoxy) is 1. The monoisotopic (exact) mass is 334 g/mol. The van der Waals surface area contributed by atoms with Crippen molar-refractivity contribution in [2.24, 2.45) is 4.99 Å². The largest absolute Gasteiger partial charge is 0.508 e. The number of phenolic OH excluding ortho intramolecular Hbond substituents is 1. The van der Waals surface area contributed by atoms with Gasteiger partial charge < -0.3 is 20.5 Å². The summed E-state index contributed by atoms with van der Waals surface area (Å²) >= 11 is 0. The minimum absolute atomic E-state index is 0.315. The van der Waals surface area contributed by atoms with Gasteiger partial charge in [-0.1, -0.05) is 12.1 Å². The average Bonchev–Trinajstić information content (AvgIpc) is 2.61. The summed E-state index contributed by atoms with van der Waals surface area (Å²) in [6, 6.07) is 7.39. The molecule has 1 heterocycles. The van der Waals surface area contributed by atoms with Crippen LogP contribution >= 0.6 is 0 Å². The molecule has 1 aliphatic heterocycles. The Balaban J connectivity index is 1.66. The third-order valence-electron chi connectivity index (χ3n) is 4.00. The molecule has 3 N–H and O–H groups in total. The van der Waals surface area contributed by atoms with Crippen LogP contribution in [0.1, 0.15) is 18.9 Å². The third kappa shape index (κ3) is 7.19. The SMILES string of the molecule is CCNC(=NCCCc1ccc(O)cc1)NCCN1CCOCC1. The standard InChI is InChI=1S/C18H30N4O2/c1-2-19-18(21-10-11-22-12-14-24-15-13-22)20-9-3-4-16-5-7-17(23)8-6-16/h5-8,23H,2-4,9-15H2,1H3,(H2,19,20,21). The molecule has 0 radical (unpaired) electrons. The number of hydrogen-bond acceptors (Lipinski definition) is 4. The molecule has 0 bridgehead atoms. The van der Waals surface area contributed by atoms with Crippen LogP contribution in [0.15, 0.2) is 29.3 Å². The Morgan fingerprint density at radius 3 is 2.67 bits per heavy atom. The number of aromatic hydroxyl groups is 1. The van der Waals surface area contributed by atoms with Crippen LogP contribution in [0.25, 0.3) is 0 Å². The zero-order valence-electron chi connectivity index (χ0n) is 14.6. The van der Waals surface area contributed by atoms with Gasteiger partial charge in [0.15, 0.2) is 5.96 Å². The zero-order valence-corrected chi connectivity index (χ0v) is 14.6. The van der Waals surface area contributed by atoms with Gasteiger partial charge in [0, 0.05) is 39.3 Å². The summed E-state index contributed by atoms with van der Waals surface area (Å²) in [4.78, 5) is 7.04. The molecule has 1 aromatic carbocycles. The topological polar surface area (TPSA) is 69.1 Å². The van der Waals surface area contributed by atoms with E-state index < -0.39 is 0 Å². The van der Waals surface area contributed by atoms with Crippen LogP contribution in [-0.2, 0) is 11.2 Å². The van der Waals surface area contributed by atoms with E-state index in [0.717, 1.165) is 71.3 Å². The fourth-order valence-corrected chi connectivity index (χ4v) is 2.64. The fraction of sp³-hybridized carbons (Fsp3) is 0.611. The second-order valence-corrected chi connectivity index (χ2v) is 5.91. The number of nitrogens with zero attached hydrogens (tertiary/aromatic N) is 2. The molecule has 134 valence electrons. The van der Waals surface area contributed by atoms with E-state index in [2.05, 4.69) is 27.4 Å². The van der Waals surface area contributed by atoms with Gasteiger partial charge in [0.25, 0.3) is 0 Å². The Labute approximate surface area is 144 Å². The van der Waals surface area contributed by atoms with E-state index in [1.165, 1.54) is 5.56 Å². The van der Waals surface area contributed by atoms with Crippen molar-refractivity contribution in [2.45, 2.75) is 19.8 Å². The normalized spacial score (nSPS) is 16.1. The van der Waals surface area contributed by atoms with Gasteiger partial charge in [-0.2, -0.15) is 0 Å². The molecule has 1 fully saturated rings. The molecule has 6 nitrogen and oxygen atoms in total. The van der Waals surface area contributed by atoms with Crippen LogP contribution in [0.4, 0.5) is 0 Å². The Bertz CT molecular complexity index is 484. The maximum absolute atomic E-state index is 9.29. The molecule has 0 aliphatic carbocycles. The second kappa shape index (κ2) is 10.9. The number of morpholine rings is 1. The number of aryl methyl sites for hydroxylation is 1. The van der Waals surface area contributed by atoms with Crippen molar-refractivity contribution in [3.63, 3.8) is 0 Å². The molecular weight excluding hydrogens is 304 g/mol. The molecular formula is C18H30N4O2. The molecule has 1 aromatic rings. The van der Waals surface area contributed by atoms with Crippen LogP contribution in [0, 0.1) is 0 Å². The van der Waals surface area contributed by atoms with Gasteiger partial charge in [-0.3, -0.25) is 9.89 Å². The smallest absolute Gasteiger partial charge is 0.191 e. The lowest BCUT2D eigenvalue weighted by molar-refractivity contribution is 0.0389. The predicted octanol–water partition coefficient (Wildman–Crippen LogP) is 1.21. The van der Waals surface area contributed by atoms with E-state index in [1.54, 1.807) is 12.1 Å². The third-order valence-corrected chi connectivity index (χ3v) is 4.00. The van der Waals surface area contributed by atoms with Gasteiger partial charge in [-0.15, -0.1) is 0 Å². The summed E-state index contributed by atoms with van der Waals surface area (Å²) in [6.45, 7) is 9.34. The van der Waals surface area contributed by atoms with E-state index in [4.69, 9.17) is 4.74 Å². The number of benzene rings is 1. The van der Waals surface area contributed by atoms with Crippen LogP contribution in [0.2, 0.25) is 0 Å². The summed E-state index contributed by atoms with van der Waals surface area (Å²) in [6.07, 6.45) is 1.96. The molecule has 1 aliphatic rings. The van der Waals surface area contributed by atoms with Crippen molar-refractivity contribution in [3.8, 4) is 5.75 Å². The lowest BCUT2D eigenvalue weighted by Crippen LogP contribution is -2.44. The summed E-state index contributed by atoms with van der Waals surface area (Å²) in [5.41, 5.74) is 1.23. The van der Waals surface area contributed by atoms with Crippen molar-refractivity contribution in [1.29, 1.82) is 0 Å². The molecule has 0 aromatic heterocycles. The lowest BCUT2D eigenvalue weighted by Gasteiger charge is -2.26. The summed E-state index contributed by atoms with van der Waals surface area (Å²) in [5.74, 6) is 1.20. The zero-order chi connectivity index (χ0) is 17.0. The molecule has 0 saturated carbocycles. The first-order valence-electron chi connectivity index (χ1n) is 8.88. The van der Waals surface area contributed by atoms with Crippen molar-refractivity contribution in [2.75, 3.05) is 52.5 Å². The maximum Gasteiger partial charge on any atom is 0.191 e. The minimum Gasteiger partial charge on any atom is -0.508 e. The number of rotatable bonds is 8. The van der Waals surface area contributed by atoms with Gasteiger partial charge >= 0.3 is 0 Å². The Kier molecular flexibility index (Phi) is 8.41. The first-order valence-corrected chi connectivity index (χ1v) is 8.88. The van der Waals surface area contributed by atoms with E-state index in [0.29, 0.717) is 5.75 Å². The fourth-order valence-electron chi connectivity index (χ4n) is 2.64. The molecule has 0 spiro atoms. The molecule has 6 heteroatoms. The molecule has 1 saturated heterocycles. The van der Waals surface area contributed by atoms with Crippen LogP contribution < -0.4 is 10.6 Å². The van der Waals surface area contributed by atoms with Crippen LogP contribution in [0.3, 0.4) is 0 Å². The van der Waals surface area contributed by atoms with Crippen molar-refractivity contribution in [3.05, 3.63) is 29.8 Å². The van der Waals surface area contributed by atoms with E-state index in [-0.39, 0.29) is 0 Å². The highest BCUT2D eigenvalue weighted by molar-refractivity contribution is 5.79. The molecule has 0 amide bonds. The molecule has 24 heavy (non-hydrogen) atoms. The molecule has 0 unspecified atom stereocenters. The van der Waals surface area contributed by atoms with Crippen molar-refractivity contribution in [1.82, 2.24) is 15.5 Å². The number of phenols is 1. The van der Waals surface area contributed by atoms with Gasteiger partial charge in [0.1, 0.15) is 5.75 Å². The molecule has 2 rings (SSSR count). The highest BCUT2D eigenvalue weighted by Crippen LogP contribution is 2.10. The summed E-state index contributed by atoms with van der Waals surface area (Å²) < 4.78 is 5.36. The number of nitrogens with one attached hydrogen (secondary N) is 2. The van der Waals surface area contributed by atoms with E-state index in [9.17, 15) is 5.11 Å². The van der Waals surface area contributed by atoms with Gasteiger partial charge in [-0.05, 0) is 37.5 Å². The summed E-state index contributed by atoms with van der Waals surface area (Å²) in [7, 11) is 0. The Morgan fingerprint density at radius 1 is 1.21 bits per heavy atom. The summed E-state index contributed by atoms with van der Waals surface area (Å²) in [5, 5.41) is 16.0. The van der Waals surface area contributed by atoms with Gasteiger partial charge in [0.2, 0.25) is 0 Å². The highest BCUT2D eigenvalue weighted by atomic mass is 16.5. The maximum atomic E-state index is 9.29. The first kappa shape index (κ1) is 18.5. The Morgan fingerprint density at radius 2 is 1.96 bits per heavy atom.